The van der Waals surface area contributed by atoms with Crippen LogP contribution < -0.4 is 0 Å². The van der Waals surface area contributed by atoms with Crippen LogP contribution in [0.15, 0.2) is 23.1 Å². The zero-order chi connectivity index (χ0) is 16.2. The second kappa shape index (κ2) is 7.49. The summed E-state index contributed by atoms with van der Waals surface area (Å²) >= 11 is 7.41. The Kier molecular flexibility index (Phi) is 6.52. The van der Waals surface area contributed by atoms with Crippen molar-refractivity contribution in [2.24, 2.45) is 0 Å². The highest BCUT2D eigenvalue weighted by atomic mass is 35.5. The molecule has 0 fully saturated rings. The molecule has 0 amide bonds. The van der Waals surface area contributed by atoms with E-state index in [9.17, 15) is 13.2 Å². The van der Waals surface area contributed by atoms with Crippen molar-refractivity contribution in [3.05, 3.63) is 28.8 Å². The van der Waals surface area contributed by atoms with Gasteiger partial charge >= 0.3 is 5.97 Å². The first-order chi connectivity index (χ1) is 9.71. The molecule has 118 valence electrons. The van der Waals surface area contributed by atoms with Gasteiger partial charge in [-0.1, -0.05) is 11.6 Å². The van der Waals surface area contributed by atoms with Crippen LogP contribution in [0.25, 0.3) is 0 Å². The van der Waals surface area contributed by atoms with Crippen LogP contribution in [0.4, 0.5) is 0 Å². The molecule has 0 aliphatic rings. The Balaban J connectivity index is 3.13. The summed E-state index contributed by atoms with van der Waals surface area (Å²) in [6.45, 7) is 1.82. The van der Waals surface area contributed by atoms with E-state index in [1.165, 1.54) is 23.5 Å². The third-order valence-corrected chi connectivity index (χ3v) is 6.15. The van der Waals surface area contributed by atoms with Crippen LogP contribution >= 0.6 is 23.4 Å². The number of rotatable bonds is 7. The molecule has 1 rings (SSSR count). The summed E-state index contributed by atoms with van der Waals surface area (Å²) in [4.78, 5) is 11.0. The predicted molar refractivity (Wildman–Crippen MR) is 85.8 cm³/mol. The highest BCUT2D eigenvalue weighted by molar-refractivity contribution is 7.98. The Bertz CT molecular complexity index is 619. The van der Waals surface area contributed by atoms with Crippen molar-refractivity contribution in [3.8, 4) is 0 Å². The topological polar surface area (TPSA) is 74.7 Å². The summed E-state index contributed by atoms with van der Waals surface area (Å²) in [5.74, 6) is -0.405. The monoisotopic (exact) mass is 351 g/mol. The van der Waals surface area contributed by atoms with Gasteiger partial charge in [-0.2, -0.15) is 16.1 Å². The minimum atomic E-state index is -3.74. The Morgan fingerprint density at radius 3 is 2.62 bits per heavy atom. The van der Waals surface area contributed by atoms with Crippen molar-refractivity contribution < 1.29 is 18.3 Å². The molecule has 0 saturated carbocycles. The summed E-state index contributed by atoms with van der Waals surface area (Å²) < 4.78 is 26.3. The molecular weight excluding hydrogens is 334 g/mol. The molecule has 0 spiro atoms. The molecule has 1 aromatic carbocycles. The molecule has 1 aromatic rings. The smallest absolute Gasteiger partial charge is 0.337 e. The van der Waals surface area contributed by atoms with Gasteiger partial charge in [0.2, 0.25) is 10.0 Å². The van der Waals surface area contributed by atoms with Gasteiger partial charge in [0, 0.05) is 13.1 Å². The summed E-state index contributed by atoms with van der Waals surface area (Å²) in [7, 11) is -2.24. The first-order valence-corrected chi connectivity index (χ1v) is 9.42. The fourth-order valence-electron chi connectivity index (χ4n) is 1.70. The molecule has 1 unspecified atom stereocenters. The van der Waals surface area contributed by atoms with Crippen molar-refractivity contribution in [2.45, 2.75) is 24.3 Å². The van der Waals surface area contributed by atoms with Gasteiger partial charge in [0.15, 0.2) is 0 Å². The van der Waals surface area contributed by atoms with Crippen LogP contribution in [0.1, 0.15) is 23.7 Å². The quantitative estimate of drug-likeness (QED) is 0.817. The molecule has 1 atom stereocenters. The normalized spacial score (nSPS) is 13.4. The second-order valence-corrected chi connectivity index (χ2v) is 7.99. The highest BCUT2D eigenvalue weighted by Crippen LogP contribution is 2.24. The maximum Gasteiger partial charge on any atom is 0.337 e. The fourth-order valence-corrected chi connectivity index (χ4v) is 3.90. The van der Waals surface area contributed by atoms with Crippen LogP contribution in [0.3, 0.4) is 0 Å². The standard InChI is InChI=1S/C13H18ClNO4S2/c1-9(6-7-20-3)15(2)21(18,19)10-4-5-12(14)11(8-10)13(16)17/h4-5,8-9H,6-7H2,1-3H3,(H,16,17). The summed E-state index contributed by atoms with van der Waals surface area (Å²) in [5, 5.41) is 9.04. The van der Waals surface area contributed by atoms with Gasteiger partial charge < -0.3 is 5.11 Å². The Hall–Kier alpha value is -0.760. The van der Waals surface area contributed by atoms with Crippen molar-refractivity contribution in [2.75, 3.05) is 19.1 Å². The zero-order valence-electron chi connectivity index (χ0n) is 12.0. The van der Waals surface area contributed by atoms with Crippen molar-refractivity contribution >= 4 is 39.4 Å². The Labute approximate surface area is 134 Å². The third-order valence-electron chi connectivity index (χ3n) is 3.21. The van der Waals surface area contributed by atoms with E-state index in [4.69, 9.17) is 16.7 Å². The number of halogens is 1. The molecular formula is C13H18ClNO4S2. The maximum atomic E-state index is 12.5. The molecule has 21 heavy (non-hydrogen) atoms. The number of aromatic carboxylic acids is 1. The van der Waals surface area contributed by atoms with Gasteiger partial charge in [-0.3, -0.25) is 0 Å². The number of hydrogen-bond donors (Lipinski definition) is 1. The molecule has 0 radical (unpaired) electrons. The van der Waals surface area contributed by atoms with Gasteiger partial charge in [-0.05, 0) is 43.6 Å². The average molecular weight is 352 g/mol. The lowest BCUT2D eigenvalue weighted by Crippen LogP contribution is -2.35. The molecule has 8 heteroatoms. The third kappa shape index (κ3) is 4.35. The number of carboxylic acids is 1. The molecule has 0 aromatic heterocycles. The highest BCUT2D eigenvalue weighted by Gasteiger charge is 2.26. The average Bonchev–Trinajstić information content (AvgIpc) is 2.43. The maximum absolute atomic E-state index is 12.5. The number of hydrogen-bond acceptors (Lipinski definition) is 4. The van der Waals surface area contributed by atoms with E-state index >= 15 is 0 Å². The summed E-state index contributed by atoms with van der Waals surface area (Å²) in [5.41, 5.74) is -0.220. The zero-order valence-corrected chi connectivity index (χ0v) is 14.4. The molecule has 5 nitrogen and oxygen atoms in total. The largest absolute Gasteiger partial charge is 0.478 e. The van der Waals surface area contributed by atoms with E-state index in [1.807, 2.05) is 13.2 Å². The Morgan fingerprint density at radius 1 is 1.48 bits per heavy atom. The van der Waals surface area contributed by atoms with E-state index in [-0.39, 0.29) is 21.5 Å². The van der Waals surface area contributed by atoms with Crippen LogP contribution in [0.2, 0.25) is 5.02 Å². The molecule has 0 aliphatic heterocycles. The predicted octanol–water partition coefficient (Wildman–Crippen LogP) is 2.80. The molecule has 0 bridgehead atoms. The first-order valence-electron chi connectivity index (χ1n) is 6.21. The molecule has 1 N–H and O–H groups in total. The second-order valence-electron chi connectivity index (χ2n) is 4.60. The molecule has 0 saturated heterocycles. The lowest BCUT2D eigenvalue weighted by atomic mass is 10.2. The van der Waals surface area contributed by atoms with Crippen molar-refractivity contribution in [1.82, 2.24) is 4.31 Å². The number of carbonyl (C=O) groups is 1. The van der Waals surface area contributed by atoms with Gasteiger partial charge in [0.1, 0.15) is 0 Å². The van der Waals surface area contributed by atoms with E-state index in [1.54, 1.807) is 11.8 Å². The number of sulfonamides is 1. The van der Waals surface area contributed by atoms with Gasteiger partial charge in [0.25, 0.3) is 0 Å². The summed E-state index contributed by atoms with van der Waals surface area (Å²) in [6, 6.07) is 3.53. The number of benzene rings is 1. The fraction of sp³-hybridized carbons (Fsp3) is 0.462. The van der Waals surface area contributed by atoms with E-state index in [0.29, 0.717) is 0 Å². The SMILES string of the molecule is CSCCC(C)N(C)S(=O)(=O)c1ccc(Cl)c(C(=O)O)c1. The van der Waals surface area contributed by atoms with Crippen LogP contribution in [0.5, 0.6) is 0 Å². The van der Waals surface area contributed by atoms with Gasteiger partial charge in [0.05, 0.1) is 15.5 Å². The van der Waals surface area contributed by atoms with Gasteiger partial charge in [-0.15, -0.1) is 0 Å². The van der Waals surface area contributed by atoms with Crippen LogP contribution in [-0.4, -0.2) is 48.9 Å². The van der Waals surface area contributed by atoms with E-state index in [2.05, 4.69) is 0 Å². The number of nitrogens with zero attached hydrogens (tertiary/aromatic N) is 1. The van der Waals surface area contributed by atoms with Crippen LogP contribution in [-0.2, 0) is 10.0 Å². The lowest BCUT2D eigenvalue weighted by Gasteiger charge is -2.24. The van der Waals surface area contributed by atoms with Crippen molar-refractivity contribution in [1.29, 1.82) is 0 Å². The van der Waals surface area contributed by atoms with E-state index < -0.39 is 16.0 Å². The van der Waals surface area contributed by atoms with Crippen LogP contribution in [0, 0.1) is 0 Å². The van der Waals surface area contributed by atoms with E-state index in [0.717, 1.165) is 18.2 Å². The molecule has 0 heterocycles. The first kappa shape index (κ1) is 18.3. The van der Waals surface area contributed by atoms with Crippen molar-refractivity contribution in [3.63, 3.8) is 0 Å². The molecule has 0 aliphatic carbocycles. The Morgan fingerprint density at radius 2 is 2.10 bits per heavy atom. The lowest BCUT2D eigenvalue weighted by molar-refractivity contribution is 0.0697. The van der Waals surface area contributed by atoms with Gasteiger partial charge in [-0.25, -0.2) is 13.2 Å². The minimum Gasteiger partial charge on any atom is -0.478 e. The number of thioether (sulfide) groups is 1. The minimum absolute atomic E-state index is 0.0135. The summed E-state index contributed by atoms with van der Waals surface area (Å²) in [6.07, 6.45) is 2.68. The number of carboxylic acid groups (broad SMARTS) is 1.